The van der Waals surface area contributed by atoms with Crippen LogP contribution in [0.2, 0.25) is 0 Å². The minimum absolute atomic E-state index is 0.553. The second-order valence-electron chi connectivity index (χ2n) is 11.1. The van der Waals surface area contributed by atoms with Gasteiger partial charge in [-0.25, -0.2) is 0 Å². The second kappa shape index (κ2) is 5.49. The summed E-state index contributed by atoms with van der Waals surface area (Å²) >= 11 is 0. The summed E-state index contributed by atoms with van der Waals surface area (Å²) in [6.45, 7) is 12.0. The first kappa shape index (κ1) is 16.6. The predicted octanol–water partition coefficient (Wildman–Crippen LogP) is 7.17. The molecule has 0 aromatic rings. The molecule has 4 fully saturated rings. The van der Waals surface area contributed by atoms with Gasteiger partial charge in [0.1, 0.15) is 0 Å². The highest BCUT2D eigenvalue weighted by Gasteiger charge is 2.58. The quantitative estimate of drug-likeness (QED) is 0.468. The molecule has 4 saturated carbocycles. The molecular weight excluding hydrogens is 300 g/mol. The summed E-state index contributed by atoms with van der Waals surface area (Å²) in [5.74, 6) is 5.85. The highest BCUT2D eigenvalue weighted by Crippen LogP contribution is 2.67. The van der Waals surface area contributed by atoms with Crippen LogP contribution in [0.3, 0.4) is 0 Å². The molecule has 0 nitrogen and oxygen atoms in total. The van der Waals surface area contributed by atoms with E-state index in [2.05, 4.69) is 33.4 Å². The first-order chi connectivity index (χ1) is 11.9. The zero-order valence-electron chi connectivity index (χ0n) is 16.8. The maximum Gasteiger partial charge on any atom is -0.00851 e. The van der Waals surface area contributed by atoms with Crippen molar-refractivity contribution in [2.75, 3.05) is 0 Å². The van der Waals surface area contributed by atoms with Crippen LogP contribution in [0, 0.1) is 46.3 Å². The van der Waals surface area contributed by atoms with Gasteiger partial charge in [-0.1, -0.05) is 37.6 Å². The summed E-state index contributed by atoms with van der Waals surface area (Å²) < 4.78 is 0. The van der Waals surface area contributed by atoms with Crippen LogP contribution in [0.4, 0.5) is 0 Å². The SMILES string of the molecule is C=C(C)[C@H]1CCC2C3CC=C4C[C@@H](C5CC5)CC[C@]4(C)C3CC[C@@]21C. The van der Waals surface area contributed by atoms with Gasteiger partial charge in [-0.3, -0.25) is 0 Å². The van der Waals surface area contributed by atoms with Crippen LogP contribution in [0.25, 0.3) is 0 Å². The molecular formula is C25H38. The molecule has 0 bridgehead atoms. The van der Waals surface area contributed by atoms with Gasteiger partial charge in [-0.15, -0.1) is 0 Å². The molecule has 0 radical (unpaired) electrons. The van der Waals surface area contributed by atoms with Crippen LogP contribution >= 0.6 is 0 Å². The maximum atomic E-state index is 4.38. The van der Waals surface area contributed by atoms with Crippen LogP contribution in [0.1, 0.15) is 85.0 Å². The van der Waals surface area contributed by atoms with E-state index in [0.717, 1.165) is 35.5 Å². The van der Waals surface area contributed by atoms with E-state index in [4.69, 9.17) is 0 Å². The molecule has 3 unspecified atom stereocenters. The molecule has 5 rings (SSSR count). The van der Waals surface area contributed by atoms with E-state index in [0.29, 0.717) is 10.8 Å². The molecule has 0 aliphatic heterocycles. The largest absolute Gasteiger partial charge is 0.0998 e. The third-order valence-electron chi connectivity index (χ3n) is 10.0. The Bertz CT molecular complexity index is 608. The van der Waals surface area contributed by atoms with Gasteiger partial charge in [0, 0.05) is 0 Å². The monoisotopic (exact) mass is 338 g/mol. The fraction of sp³-hybridized carbons (Fsp3) is 0.840. The average molecular weight is 339 g/mol. The molecule has 0 heteroatoms. The van der Waals surface area contributed by atoms with Gasteiger partial charge in [0.15, 0.2) is 0 Å². The van der Waals surface area contributed by atoms with Gasteiger partial charge >= 0.3 is 0 Å². The molecule has 25 heavy (non-hydrogen) atoms. The second-order valence-corrected chi connectivity index (χ2v) is 11.1. The first-order valence-electron chi connectivity index (χ1n) is 11.3. The number of allylic oxidation sites excluding steroid dienone is 3. The average Bonchev–Trinajstić information content (AvgIpc) is 3.35. The van der Waals surface area contributed by atoms with Crippen molar-refractivity contribution in [3.63, 3.8) is 0 Å². The van der Waals surface area contributed by atoms with Gasteiger partial charge in [0.2, 0.25) is 0 Å². The molecule has 0 spiro atoms. The van der Waals surface area contributed by atoms with Crippen LogP contribution in [0.15, 0.2) is 23.8 Å². The summed E-state index contributed by atoms with van der Waals surface area (Å²) in [5.41, 5.74) is 4.47. The van der Waals surface area contributed by atoms with E-state index in [1.165, 1.54) is 69.8 Å². The molecule has 0 heterocycles. The van der Waals surface area contributed by atoms with Crippen molar-refractivity contribution < 1.29 is 0 Å². The van der Waals surface area contributed by atoms with E-state index in [1.807, 2.05) is 5.57 Å². The Morgan fingerprint density at radius 1 is 0.960 bits per heavy atom. The minimum Gasteiger partial charge on any atom is -0.0998 e. The van der Waals surface area contributed by atoms with E-state index in [1.54, 1.807) is 0 Å². The smallest absolute Gasteiger partial charge is 0.00851 e. The molecule has 0 N–H and O–H groups in total. The topological polar surface area (TPSA) is 0 Å². The van der Waals surface area contributed by atoms with Gasteiger partial charge in [0.25, 0.3) is 0 Å². The van der Waals surface area contributed by atoms with Crippen LogP contribution in [-0.2, 0) is 0 Å². The summed E-state index contributed by atoms with van der Waals surface area (Å²) in [4.78, 5) is 0. The van der Waals surface area contributed by atoms with Crippen LogP contribution in [0.5, 0.6) is 0 Å². The fourth-order valence-corrected chi connectivity index (χ4v) is 8.47. The van der Waals surface area contributed by atoms with E-state index in [-0.39, 0.29) is 0 Å². The molecule has 7 atom stereocenters. The Labute approximate surface area is 155 Å². The lowest BCUT2D eigenvalue weighted by Crippen LogP contribution is -2.50. The minimum atomic E-state index is 0.553. The van der Waals surface area contributed by atoms with Crippen molar-refractivity contribution >= 4 is 0 Å². The molecule has 138 valence electrons. The van der Waals surface area contributed by atoms with Crippen molar-refractivity contribution in [1.29, 1.82) is 0 Å². The standard InChI is InChI=1S/C25H38/c1-16(2)21-9-10-22-20-8-7-19-15-18(17-5-6-17)11-13-24(19,3)23(20)12-14-25(21,22)4/h7,17-18,20-23H,1,5-6,8-15H2,2-4H3/t18-,20?,21+,22?,23?,24-,25+/m0/s1. The Hall–Kier alpha value is -0.520. The molecule has 5 aliphatic carbocycles. The van der Waals surface area contributed by atoms with Crippen LogP contribution in [-0.4, -0.2) is 0 Å². The Morgan fingerprint density at radius 3 is 2.48 bits per heavy atom. The van der Waals surface area contributed by atoms with Gasteiger partial charge in [0.05, 0.1) is 0 Å². The first-order valence-corrected chi connectivity index (χ1v) is 11.3. The maximum absolute atomic E-state index is 4.38. The number of hydrogen-bond acceptors (Lipinski definition) is 0. The van der Waals surface area contributed by atoms with E-state index < -0.39 is 0 Å². The highest BCUT2D eigenvalue weighted by molar-refractivity contribution is 5.26. The van der Waals surface area contributed by atoms with Crippen molar-refractivity contribution in [1.82, 2.24) is 0 Å². The molecule has 0 aromatic heterocycles. The van der Waals surface area contributed by atoms with Gasteiger partial charge in [-0.05, 0) is 117 Å². The Balaban J connectivity index is 1.43. The van der Waals surface area contributed by atoms with Gasteiger partial charge in [-0.2, -0.15) is 0 Å². The summed E-state index contributed by atoms with van der Waals surface area (Å²) in [6, 6.07) is 0. The van der Waals surface area contributed by atoms with Crippen LogP contribution < -0.4 is 0 Å². The lowest BCUT2D eigenvalue weighted by Gasteiger charge is -2.58. The van der Waals surface area contributed by atoms with Gasteiger partial charge < -0.3 is 0 Å². The summed E-state index contributed by atoms with van der Waals surface area (Å²) in [7, 11) is 0. The lowest BCUT2D eigenvalue weighted by molar-refractivity contribution is -0.0400. The summed E-state index contributed by atoms with van der Waals surface area (Å²) in [5, 5.41) is 0. The third-order valence-corrected chi connectivity index (χ3v) is 10.0. The number of hydrogen-bond donors (Lipinski definition) is 0. The molecule has 5 aliphatic rings. The predicted molar refractivity (Wildman–Crippen MR) is 106 cm³/mol. The van der Waals surface area contributed by atoms with E-state index in [9.17, 15) is 0 Å². The van der Waals surface area contributed by atoms with Crippen molar-refractivity contribution in [3.8, 4) is 0 Å². The molecule has 0 saturated heterocycles. The Kier molecular flexibility index (Phi) is 3.66. The number of fused-ring (bicyclic) bond motifs is 5. The normalized spacial score (nSPS) is 52.0. The summed E-state index contributed by atoms with van der Waals surface area (Å²) in [6.07, 6.45) is 17.5. The molecule has 0 aromatic carbocycles. The van der Waals surface area contributed by atoms with Crippen molar-refractivity contribution in [3.05, 3.63) is 23.8 Å². The van der Waals surface area contributed by atoms with E-state index >= 15 is 0 Å². The van der Waals surface area contributed by atoms with Crippen molar-refractivity contribution in [2.24, 2.45) is 46.3 Å². The Morgan fingerprint density at radius 2 is 1.76 bits per heavy atom. The zero-order valence-corrected chi connectivity index (χ0v) is 16.8. The molecule has 0 amide bonds. The lowest BCUT2D eigenvalue weighted by atomic mass is 9.46. The van der Waals surface area contributed by atoms with Crippen molar-refractivity contribution in [2.45, 2.75) is 85.0 Å². The third kappa shape index (κ3) is 2.31. The fourth-order valence-electron chi connectivity index (χ4n) is 8.47. The zero-order chi connectivity index (χ0) is 17.4. The highest BCUT2D eigenvalue weighted by atomic mass is 14.6. The number of rotatable bonds is 2.